The van der Waals surface area contributed by atoms with Gasteiger partial charge in [0.05, 0.1) is 83.0 Å². The van der Waals surface area contributed by atoms with Crippen LogP contribution in [0.2, 0.25) is 0 Å². The van der Waals surface area contributed by atoms with Crippen molar-refractivity contribution in [3.05, 3.63) is 69.3 Å². The van der Waals surface area contributed by atoms with Crippen LogP contribution in [0.15, 0.2) is 24.3 Å². The number of hydrogen-bond donors (Lipinski definition) is 2. The third-order valence-electron chi connectivity index (χ3n) is 11.2. The van der Waals surface area contributed by atoms with Crippen molar-refractivity contribution in [1.29, 1.82) is 0 Å². The predicted octanol–water partition coefficient (Wildman–Crippen LogP) is 7.25. The molecule has 0 fully saturated rings. The first-order chi connectivity index (χ1) is 28.1. The third-order valence-corrected chi connectivity index (χ3v) is 11.2. The largest absolute Gasteiger partial charge is 0.382 e. The van der Waals surface area contributed by atoms with E-state index in [2.05, 4.69) is 62.8 Å². The lowest BCUT2D eigenvalue weighted by Gasteiger charge is -2.24. The molecule has 2 N–H and O–H groups in total. The van der Waals surface area contributed by atoms with Crippen LogP contribution in [0.25, 0.3) is 33.2 Å². The maximum atomic E-state index is 14.0. The number of nitrogens with one attached hydrogen (secondary N) is 2. The second-order valence-electron chi connectivity index (χ2n) is 15.0. The highest BCUT2D eigenvalue weighted by molar-refractivity contribution is 5.96. The van der Waals surface area contributed by atoms with E-state index in [1.807, 2.05) is 17.9 Å². The van der Waals surface area contributed by atoms with Crippen molar-refractivity contribution in [1.82, 2.24) is 24.8 Å². The first kappa shape index (κ1) is 44.9. The highest BCUT2D eigenvalue weighted by atomic mass is 16.5. The van der Waals surface area contributed by atoms with Crippen LogP contribution in [-0.4, -0.2) is 130 Å². The molecule has 0 saturated heterocycles. The van der Waals surface area contributed by atoms with Crippen molar-refractivity contribution in [2.75, 3.05) is 93.4 Å². The number of hydrogen-bond acceptors (Lipinski definition) is 10. The molecular weight excluding hydrogens is 739 g/mol. The van der Waals surface area contributed by atoms with Gasteiger partial charge in [0.25, 0.3) is 0 Å². The molecule has 13 nitrogen and oxygen atoms in total. The summed E-state index contributed by atoms with van der Waals surface area (Å²) in [5.74, 6) is 0.0201. The van der Waals surface area contributed by atoms with E-state index in [0.29, 0.717) is 97.6 Å². The molecule has 0 saturated carbocycles. The number of H-pyrrole nitrogens is 2. The number of carbonyl (C=O) groups excluding carboxylic acids is 2. The lowest BCUT2D eigenvalue weighted by Crippen LogP contribution is -2.37. The SMILES string of the molecule is CCC1=C(C)c2cc3[nH]c(cc4nc(c(C)c5cc(C)c(cc1n2)[nH]5)[C@@H](CCC(=O)N(CCOCCOCCOC)CCOCCOCCOC)[C@@H]4C)c(C)c3C=O. The van der Waals surface area contributed by atoms with Gasteiger partial charge in [-0.3, -0.25) is 14.6 Å². The Balaban J connectivity index is 1.43. The molecule has 0 aromatic carbocycles. The average molecular weight is 802 g/mol. The summed E-state index contributed by atoms with van der Waals surface area (Å²) in [5.41, 5.74) is 13.1. The molecule has 0 spiro atoms. The van der Waals surface area contributed by atoms with Crippen molar-refractivity contribution in [3.8, 4) is 0 Å². The summed E-state index contributed by atoms with van der Waals surface area (Å²) in [6.45, 7) is 18.1. The Morgan fingerprint density at radius 3 is 1.90 bits per heavy atom. The molecule has 3 aromatic rings. The Morgan fingerprint density at radius 1 is 0.724 bits per heavy atom. The predicted molar refractivity (Wildman–Crippen MR) is 227 cm³/mol. The van der Waals surface area contributed by atoms with Gasteiger partial charge in [-0.25, -0.2) is 4.98 Å². The molecule has 13 heteroatoms. The molecule has 1 amide bonds. The van der Waals surface area contributed by atoms with Crippen LogP contribution >= 0.6 is 0 Å². The van der Waals surface area contributed by atoms with Gasteiger partial charge < -0.3 is 43.3 Å². The smallest absolute Gasteiger partial charge is 0.222 e. The number of aromatic amines is 2. The summed E-state index contributed by atoms with van der Waals surface area (Å²) < 4.78 is 32.8. The van der Waals surface area contributed by atoms with Crippen LogP contribution in [0.1, 0.15) is 102 Å². The Bertz CT molecular complexity index is 2030. The zero-order valence-electron chi connectivity index (χ0n) is 35.8. The molecule has 0 radical (unpaired) electrons. The van der Waals surface area contributed by atoms with Gasteiger partial charge in [0, 0.05) is 79.1 Å². The minimum absolute atomic E-state index is 0.00917. The molecule has 2 atom stereocenters. The van der Waals surface area contributed by atoms with Gasteiger partial charge in [0.2, 0.25) is 5.91 Å². The molecule has 5 rings (SSSR count). The van der Waals surface area contributed by atoms with Crippen LogP contribution in [0.3, 0.4) is 0 Å². The average Bonchev–Trinajstić information content (AvgIpc) is 3.92. The van der Waals surface area contributed by atoms with E-state index in [9.17, 15) is 9.59 Å². The number of aryl methyl sites for hydroxylation is 3. The molecule has 2 aliphatic rings. The zero-order chi connectivity index (χ0) is 41.6. The molecule has 316 valence electrons. The van der Waals surface area contributed by atoms with E-state index in [1.165, 1.54) is 5.57 Å². The van der Waals surface area contributed by atoms with Gasteiger partial charge in [-0.2, -0.15) is 0 Å². The maximum absolute atomic E-state index is 14.0. The van der Waals surface area contributed by atoms with Gasteiger partial charge in [0.15, 0.2) is 6.29 Å². The van der Waals surface area contributed by atoms with Crippen LogP contribution in [0.4, 0.5) is 0 Å². The molecule has 3 aromatic heterocycles. The number of rotatable bonds is 23. The Labute approximate surface area is 342 Å². The molecule has 8 bridgehead atoms. The van der Waals surface area contributed by atoms with Crippen LogP contribution in [0.5, 0.6) is 0 Å². The van der Waals surface area contributed by atoms with E-state index in [-0.39, 0.29) is 17.7 Å². The number of aldehydes is 1. The summed E-state index contributed by atoms with van der Waals surface area (Å²) >= 11 is 0. The normalized spacial score (nSPS) is 15.4. The highest BCUT2D eigenvalue weighted by Crippen LogP contribution is 2.42. The number of methoxy groups -OCH3 is 2. The number of carbonyl (C=O) groups is 2. The Hall–Kier alpha value is -4.24. The molecular formula is C45H63N5O8. The number of ether oxygens (including phenoxy) is 6. The second kappa shape index (κ2) is 22.2. The van der Waals surface area contributed by atoms with E-state index >= 15 is 0 Å². The van der Waals surface area contributed by atoms with Crippen molar-refractivity contribution in [2.45, 2.75) is 72.6 Å². The van der Waals surface area contributed by atoms with Crippen LogP contribution in [-0.2, 0) is 33.2 Å². The first-order valence-electron chi connectivity index (χ1n) is 20.6. The molecule has 0 aliphatic carbocycles. The fraction of sp³-hybridized carbons (Fsp3) is 0.556. The summed E-state index contributed by atoms with van der Waals surface area (Å²) in [6, 6.07) is 8.35. The minimum Gasteiger partial charge on any atom is -0.382 e. The quantitative estimate of drug-likeness (QED) is 0.0742. The minimum atomic E-state index is -0.0233. The van der Waals surface area contributed by atoms with Crippen LogP contribution in [0, 0.1) is 20.8 Å². The van der Waals surface area contributed by atoms with Gasteiger partial charge in [-0.15, -0.1) is 0 Å². The Morgan fingerprint density at radius 2 is 1.29 bits per heavy atom. The van der Waals surface area contributed by atoms with Crippen molar-refractivity contribution < 1.29 is 38.0 Å². The fourth-order valence-corrected chi connectivity index (χ4v) is 7.64. The highest BCUT2D eigenvalue weighted by Gasteiger charge is 2.31. The van der Waals surface area contributed by atoms with Gasteiger partial charge in [-0.05, 0) is 92.6 Å². The lowest BCUT2D eigenvalue weighted by atomic mass is 9.86. The lowest BCUT2D eigenvalue weighted by molar-refractivity contribution is -0.133. The number of allylic oxidation sites excluding steroid dienone is 2. The number of fused-ring (bicyclic) bond motifs is 8. The van der Waals surface area contributed by atoms with E-state index in [4.69, 9.17) is 38.4 Å². The van der Waals surface area contributed by atoms with Crippen molar-refractivity contribution in [2.24, 2.45) is 0 Å². The molecule has 0 unspecified atom stereocenters. The molecule has 58 heavy (non-hydrogen) atoms. The third kappa shape index (κ3) is 11.3. The number of nitrogens with zero attached hydrogens (tertiary/aromatic N) is 3. The van der Waals surface area contributed by atoms with E-state index in [0.717, 1.165) is 79.8 Å². The zero-order valence-corrected chi connectivity index (χ0v) is 35.8. The van der Waals surface area contributed by atoms with E-state index in [1.54, 1.807) is 14.2 Å². The topological polar surface area (TPSA) is 150 Å². The van der Waals surface area contributed by atoms with Crippen molar-refractivity contribution in [3.63, 3.8) is 0 Å². The first-order valence-corrected chi connectivity index (χ1v) is 20.6. The summed E-state index contributed by atoms with van der Waals surface area (Å²) in [6.07, 6.45) is 2.68. The standard InChI is InChI=1S/C45H63N5O8/c1-9-34-30(3)40-27-43-36(28-51)32(5)39(48-43)26-41-31(4)35(45(49-41)33(6)38-24-29(2)37(46-38)25-42(34)47-40)10-11-44(52)50(12-14-55-20-22-57-18-16-53-7)13-15-56-21-23-58-19-17-54-8/h24-28,31,35,46,48H,9-23H2,1-8H3/t31-,35-/m0/s1. The maximum Gasteiger partial charge on any atom is 0.222 e. The Kier molecular flexibility index (Phi) is 17.2. The van der Waals surface area contributed by atoms with Gasteiger partial charge >= 0.3 is 0 Å². The second-order valence-corrected chi connectivity index (χ2v) is 15.0. The molecule has 5 heterocycles. The summed E-state index contributed by atoms with van der Waals surface area (Å²) in [5, 5.41) is 0. The monoisotopic (exact) mass is 801 g/mol. The van der Waals surface area contributed by atoms with Gasteiger partial charge in [0.1, 0.15) is 0 Å². The fourth-order valence-electron chi connectivity index (χ4n) is 7.64. The van der Waals surface area contributed by atoms with Crippen molar-refractivity contribution >= 4 is 45.4 Å². The van der Waals surface area contributed by atoms with E-state index < -0.39 is 0 Å². The van der Waals surface area contributed by atoms with Gasteiger partial charge in [-0.1, -0.05) is 13.8 Å². The van der Waals surface area contributed by atoms with Crippen LogP contribution < -0.4 is 0 Å². The summed E-state index contributed by atoms with van der Waals surface area (Å²) in [7, 11) is 3.28. The number of aromatic nitrogens is 4. The number of amides is 1. The molecule has 2 aliphatic heterocycles. The summed E-state index contributed by atoms with van der Waals surface area (Å²) in [4.78, 5) is 45.9.